The molecule has 5 heteroatoms. The molecule has 112 valence electrons. The predicted molar refractivity (Wildman–Crippen MR) is 84.1 cm³/mol. The molecule has 0 spiro atoms. The number of nitrogens with zero attached hydrogens (tertiary/aromatic N) is 1. The van der Waals surface area contributed by atoms with Crippen LogP contribution < -0.4 is 0 Å². The van der Waals surface area contributed by atoms with Crippen molar-refractivity contribution in [3.63, 3.8) is 0 Å². The van der Waals surface area contributed by atoms with E-state index < -0.39 is 12.0 Å². The molecule has 0 aromatic heterocycles. The molecule has 0 fully saturated rings. The van der Waals surface area contributed by atoms with E-state index in [4.69, 9.17) is 0 Å². The zero-order chi connectivity index (χ0) is 15.2. The molecule has 1 aromatic rings. The SMILES string of the molecule is O=C(O)[C@H]1CCC=CN1C(=O)[C@@H](CS)Cc1ccccc1. The van der Waals surface area contributed by atoms with Crippen molar-refractivity contribution < 1.29 is 14.7 Å². The summed E-state index contributed by atoms with van der Waals surface area (Å²) < 4.78 is 0. The Morgan fingerprint density at radius 2 is 2.05 bits per heavy atom. The Labute approximate surface area is 129 Å². The van der Waals surface area contributed by atoms with E-state index >= 15 is 0 Å². The molecule has 21 heavy (non-hydrogen) atoms. The van der Waals surface area contributed by atoms with E-state index in [1.54, 1.807) is 6.20 Å². The lowest BCUT2D eigenvalue weighted by molar-refractivity contribution is -0.149. The number of benzene rings is 1. The number of carbonyl (C=O) groups excluding carboxylic acids is 1. The molecule has 1 N–H and O–H groups in total. The molecule has 1 amide bonds. The third kappa shape index (κ3) is 3.88. The fourth-order valence-electron chi connectivity index (χ4n) is 2.49. The largest absolute Gasteiger partial charge is 0.480 e. The van der Waals surface area contributed by atoms with Crippen LogP contribution in [0.25, 0.3) is 0 Å². The molecule has 0 unspecified atom stereocenters. The van der Waals surface area contributed by atoms with Crippen LogP contribution in [0.4, 0.5) is 0 Å². The third-order valence-corrected chi connectivity index (χ3v) is 4.08. The molecule has 0 saturated carbocycles. The van der Waals surface area contributed by atoms with E-state index in [9.17, 15) is 14.7 Å². The lowest BCUT2D eigenvalue weighted by atomic mass is 9.97. The summed E-state index contributed by atoms with van der Waals surface area (Å²) in [6, 6.07) is 8.94. The van der Waals surface area contributed by atoms with Crippen LogP contribution in [-0.4, -0.2) is 33.7 Å². The van der Waals surface area contributed by atoms with Gasteiger partial charge in [-0.1, -0.05) is 36.4 Å². The van der Waals surface area contributed by atoms with Crippen LogP contribution in [0.2, 0.25) is 0 Å². The van der Waals surface area contributed by atoms with Crippen molar-refractivity contribution in [1.29, 1.82) is 0 Å². The van der Waals surface area contributed by atoms with Gasteiger partial charge in [0, 0.05) is 12.0 Å². The van der Waals surface area contributed by atoms with Crippen molar-refractivity contribution in [3.8, 4) is 0 Å². The molecular weight excluding hydrogens is 286 g/mol. The number of amides is 1. The summed E-state index contributed by atoms with van der Waals surface area (Å²) in [6.45, 7) is 0. The number of hydrogen-bond donors (Lipinski definition) is 2. The van der Waals surface area contributed by atoms with Crippen molar-refractivity contribution in [3.05, 3.63) is 48.2 Å². The van der Waals surface area contributed by atoms with Gasteiger partial charge >= 0.3 is 5.97 Å². The van der Waals surface area contributed by atoms with Gasteiger partial charge in [0.05, 0.1) is 5.92 Å². The molecule has 2 atom stereocenters. The summed E-state index contributed by atoms with van der Waals surface area (Å²) in [7, 11) is 0. The van der Waals surface area contributed by atoms with Crippen LogP contribution in [0.1, 0.15) is 18.4 Å². The molecular formula is C16H19NO3S. The highest BCUT2D eigenvalue weighted by Gasteiger charge is 2.33. The Balaban J connectivity index is 2.13. The number of rotatable bonds is 5. The van der Waals surface area contributed by atoms with Crippen LogP contribution >= 0.6 is 12.6 Å². The van der Waals surface area contributed by atoms with E-state index in [1.165, 1.54) is 4.90 Å². The number of hydrogen-bond acceptors (Lipinski definition) is 3. The van der Waals surface area contributed by atoms with E-state index in [0.29, 0.717) is 25.0 Å². The predicted octanol–water partition coefficient (Wildman–Crippen LogP) is 2.36. The highest BCUT2D eigenvalue weighted by Crippen LogP contribution is 2.21. The number of allylic oxidation sites excluding steroid dienone is 1. The molecule has 0 bridgehead atoms. The third-order valence-electron chi connectivity index (χ3n) is 3.64. The first-order valence-electron chi connectivity index (χ1n) is 7.00. The van der Waals surface area contributed by atoms with Crippen LogP contribution in [-0.2, 0) is 16.0 Å². The fraction of sp³-hybridized carbons (Fsp3) is 0.375. The number of thiol groups is 1. The Morgan fingerprint density at radius 1 is 1.33 bits per heavy atom. The van der Waals surface area contributed by atoms with Gasteiger partial charge in [-0.15, -0.1) is 0 Å². The second-order valence-electron chi connectivity index (χ2n) is 5.13. The van der Waals surface area contributed by atoms with E-state index in [1.807, 2.05) is 36.4 Å². The molecule has 4 nitrogen and oxygen atoms in total. The van der Waals surface area contributed by atoms with Gasteiger partial charge in [0.1, 0.15) is 6.04 Å². The smallest absolute Gasteiger partial charge is 0.326 e. The summed E-state index contributed by atoms with van der Waals surface area (Å²) in [5.41, 5.74) is 1.05. The Kier molecular flexibility index (Phi) is 5.44. The quantitative estimate of drug-likeness (QED) is 0.821. The van der Waals surface area contributed by atoms with Gasteiger partial charge in [-0.3, -0.25) is 4.79 Å². The summed E-state index contributed by atoms with van der Waals surface area (Å²) >= 11 is 4.27. The van der Waals surface area contributed by atoms with Crippen LogP contribution in [0.3, 0.4) is 0 Å². The van der Waals surface area contributed by atoms with Crippen molar-refractivity contribution in [1.82, 2.24) is 4.90 Å². The monoisotopic (exact) mass is 305 g/mol. The van der Waals surface area contributed by atoms with Crippen molar-refractivity contribution in [2.75, 3.05) is 5.75 Å². The highest BCUT2D eigenvalue weighted by atomic mass is 32.1. The van der Waals surface area contributed by atoms with Crippen LogP contribution in [0, 0.1) is 5.92 Å². The van der Waals surface area contributed by atoms with Crippen molar-refractivity contribution in [2.24, 2.45) is 5.92 Å². The first kappa shape index (κ1) is 15.6. The van der Waals surface area contributed by atoms with Crippen molar-refractivity contribution in [2.45, 2.75) is 25.3 Å². The number of carbonyl (C=O) groups is 2. The molecule has 1 aliphatic heterocycles. The van der Waals surface area contributed by atoms with Gasteiger partial charge in [-0.25, -0.2) is 4.79 Å². The summed E-state index contributed by atoms with van der Waals surface area (Å²) in [5.74, 6) is -1.05. The Bertz CT molecular complexity index is 530. The lowest BCUT2D eigenvalue weighted by Gasteiger charge is -2.31. The van der Waals surface area contributed by atoms with Gasteiger partial charge in [0.25, 0.3) is 0 Å². The summed E-state index contributed by atoms with van der Waals surface area (Å²) in [4.78, 5) is 25.3. The minimum absolute atomic E-state index is 0.169. The first-order chi connectivity index (χ1) is 10.1. The van der Waals surface area contributed by atoms with Gasteiger partial charge in [0.2, 0.25) is 5.91 Å². The average molecular weight is 305 g/mol. The first-order valence-corrected chi connectivity index (χ1v) is 7.63. The molecule has 1 heterocycles. The standard InChI is InChI=1S/C16H19NO3S/c18-15(17-9-5-4-8-14(17)16(19)20)13(11-21)10-12-6-2-1-3-7-12/h1-3,5-7,9,13-14,21H,4,8,10-11H2,(H,19,20)/t13-,14-/m1/s1. The molecule has 0 radical (unpaired) electrons. The number of aliphatic carboxylic acids is 1. The maximum Gasteiger partial charge on any atom is 0.326 e. The zero-order valence-electron chi connectivity index (χ0n) is 11.7. The van der Waals surface area contributed by atoms with Gasteiger partial charge in [0.15, 0.2) is 0 Å². The van der Waals surface area contributed by atoms with Crippen molar-refractivity contribution >= 4 is 24.5 Å². The molecule has 1 aliphatic rings. The minimum atomic E-state index is -0.953. The zero-order valence-corrected chi connectivity index (χ0v) is 12.6. The summed E-state index contributed by atoms with van der Waals surface area (Å²) in [5, 5.41) is 9.25. The van der Waals surface area contributed by atoms with Gasteiger partial charge in [-0.2, -0.15) is 12.6 Å². The number of carboxylic acid groups (broad SMARTS) is 1. The number of carboxylic acids is 1. The molecule has 0 aliphatic carbocycles. The van der Waals surface area contributed by atoms with Crippen LogP contribution in [0.5, 0.6) is 0 Å². The van der Waals surface area contributed by atoms with Gasteiger partial charge < -0.3 is 10.0 Å². The maximum atomic E-state index is 12.6. The lowest BCUT2D eigenvalue weighted by Crippen LogP contribution is -2.46. The maximum absolute atomic E-state index is 12.6. The second-order valence-corrected chi connectivity index (χ2v) is 5.50. The molecule has 1 aromatic carbocycles. The topological polar surface area (TPSA) is 57.6 Å². The fourth-order valence-corrected chi connectivity index (χ4v) is 2.78. The second kappa shape index (κ2) is 7.31. The Morgan fingerprint density at radius 3 is 2.67 bits per heavy atom. The Hall–Kier alpha value is -1.75. The average Bonchev–Trinajstić information content (AvgIpc) is 2.53. The minimum Gasteiger partial charge on any atom is -0.480 e. The van der Waals surface area contributed by atoms with Crippen LogP contribution in [0.15, 0.2) is 42.6 Å². The molecule has 0 saturated heterocycles. The van der Waals surface area contributed by atoms with E-state index in [0.717, 1.165) is 5.56 Å². The highest BCUT2D eigenvalue weighted by molar-refractivity contribution is 7.80. The van der Waals surface area contributed by atoms with E-state index in [-0.39, 0.29) is 11.8 Å². The summed E-state index contributed by atoms with van der Waals surface area (Å²) in [6.07, 6.45) is 5.16. The van der Waals surface area contributed by atoms with Gasteiger partial charge in [-0.05, 0) is 24.8 Å². The normalized spacial score (nSPS) is 19.3. The molecule has 2 rings (SSSR count). The van der Waals surface area contributed by atoms with E-state index in [2.05, 4.69) is 12.6 Å².